The lowest BCUT2D eigenvalue weighted by molar-refractivity contribution is 0.425. The van der Waals surface area contributed by atoms with Gasteiger partial charge in [0.05, 0.1) is 12.1 Å². The van der Waals surface area contributed by atoms with Crippen molar-refractivity contribution in [3.05, 3.63) is 47.6 Å². The van der Waals surface area contributed by atoms with Crippen molar-refractivity contribution in [3.63, 3.8) is 0 Å². The molecule has 27 heavy (non-hydrogen) atoms. The molecule has 0 aliphatic rings. The van der Waals surface area contributed by atoms with Crippen molar-refractivity contribution in [1.29, 1.82) is 0 Å². The van der Waals surface area contributed by atoms with E-state index in [0.717, 1.165) is 28.8 Å². The molecule has 0 fully saturated rings. The van der Waals surface area contributed by atoms with Gasteiger partial charge in [-0.1, -0.05) is 34.6 Å². The number of aryl methyl sites for hydroxylation is 1. The number of hydrogen-bond donors (Lipinski definition) is 0. The summed E-state index contributed by atoms with van der Waals surface area (Å²) in [7, 11) is 1.92. The topological polar surface area (TPSA) is 87.5 Å². The van der Waals surface area contributed by atoms with Crippen molar-refractivity contribution in [1.82, 2.24) is 34.5 Å². The number of aromatic nitrogens is 7. The molecule has 0 saturated heterocycles. The molecule has 0 radical (unpaired) electrons. The van der Waals surface area contributed by atoms with Crippen LogP contribution in [0.2, 0.25) is 5.02 Å². The SMILES string of the molecule is CCn1c(SCc2noc(-c3cccc(Cl)c3)n2)nnc1-c1cn(C)cn1. The molecule has 0 aliphatic heterocycles. The number of nitrogens with zero attached hydrogens (tertiary/aromatic N) is 7. The molecular formula is C17H16ClN7OS. The summed E-state index contributed by atoms with van der Waals surface area (Å²) in [5, 5.41) is 14.0. The van der Waals surface area contributed by atoms with E-state index in [1.165, 1.54) is 11.8 Å². The first-order chi connectivity index (χ1) is 13.1. The Morgan fingerprint density at radius 2 is 2.15 bits per heavy atom. The van der Waals surface area contributed by atoms with E-state index in [9.17, 15) is 0 Å². The first-order valence-electron chi connectivity index (χ1n) is 8.27. The Labute approximate surface area is 164 Å². The predicted octanol–water partition coefficient (Wildman–Crippen LogP) is 3.69. The maximum Gasteiger partial charge on any atom is 0.258 e. The van der Waals surface area contributed by atoms with E-state index < -0.39 is 0 Å². The van der Waals surface area contributed by atoms with Gasteiger partial charge in [0.25, 0.3) is 5.89 Å². The van der Waals surface area contributed by atoms with E-state index in [-0.39, 0.29) is 0 Å². The van der Waals surface area contributed by atoms with Crippen molar-refractivity contribution in [2.75, 3.05) is 0 Å². The van der Waals surface area contributed by atoms with Crippen LogP contribution in [0.25, 0.3) is 23.0 Å². The van der Waals surface area contributed by atoms with Crippen molar-refractivity contribution in [2.24, 2.45) is 7.05 Å². The fourth-order valence-electron chi connectivity index (χ4n) is 2.58. The Morgan fingerprint density at radius 3 is 2.89 bits per heavy atom. The molecule has 138 valence electrons. The molecule has 0 bridgehead atoms. The minimum atomic E-state index is 0.444. The molecule has 0 unspecified atom stereocenters. The van der Waals surface area contributed by atoms with E-state index in [0.29, 0.717) is 22.5 Å². The first kappa shape index (κ1) is 17.7. The Morgan fingerprint density at radius 1 is 1.26 bits per heavy atom. The Bertz CT molecular complexity index is 1070. The highest BCUT2D eigenvalue weighted by molar-refractivity contribution is 7.98. The molecule has 4 aromatic rings. The van der Waals surface area contributed by atoms with Gasteiger partial charge in [0.2, 0.25) is 0 Å². The van der Waals surface area contributed by atoms with Crippen LogP contribution in [0.15, 0.2) is 46.5 Å². The van der Waals surface area contributed by atoms with Gasteiger partial charge in [0.15, 0.2) is 16.8 Å². The lowest BCUT2D eigenvalue weighted by Crippen LogP contribution is -2.00. The third-order valence-corrected chi connectivity index (χ3v) is 5.03. The van der Waals surface area contributed by atoms with E-state index in [2.05, 4.69) is 25.3 Å². The van der Waals surface area contributed by atoms with Gasteiger partial charge in [-0.2, -0.15) is 4.98 Å². The number of benzene rings is 1. The second-order valence-corrected chi connectivity index (χ2v) is 7.17. The highest BCUT2D eigenvalue weighted by atomic mass is 35.5. The van der Waals surface area contributed by atoms with Crippen molar-refractivity contribution >= 4 is 23.4 Å². The van der Waals surface area contributed by atoms with Gasteiger partial charge in [0.1, 0.15) is 5.69 Å². The number of halogens is 1. The molecule has 3 aromatic heterocycles. The van der Waals surface area contributed by atoms with Gasteiger partial charge in [0, 0.05) is 30.4 Å². The molecule has 10 heteroatoms. The summed E-state index contributed by atoms with van der Waals surface area (Å²) in [6.07, 6.45) is 3.66. The largest absolute Gasteiger partial charge is 0.340 e. The maximum atomic E-state index is 6.01. The zero-order chi connectivity index (χ0) is 18.8. The number of hydrogen-bond acceptors (Lipinski definition) is 7. The lowest BCUT2D eigenvalue weighted by Gasteiger charge is -2.04. The van der Waals surface area contributed by atoms with Gasteiger partial charge in [-0.25, -0.2) is 4.98 Å². The van der Waals surface area contributed by atoms with Crippen LogP contribution in [-0.4, -0.2) is 34.5 Å². The molecule has 1 aromatic carbocycles. The minimum Gasteiger partial charge on any atom is -0.340 e. The summed E-state index contributed by atoms with van der Waals surface area (Å²) in [6, 6.07) is 7.32. The monoisotopic (exact) mass is 401 g/mol. The lowest BCUT2D eigenvalue weighted by atomic mass is 10.2. The smallest absolute Gasteiger partial charge is 0.258 e. The molecule has 0 N–H and O–H groups in total. The van der Waals surface area contributed by atoms with Crippen LogP contribution in [0.1, 0.15) is 12.7 Å². The van der Waals surface area contributed by atoms with Crippen molar-refractivity contribution in [3.8, 4) is 23.0 Å². The Kier molecular flexibility index (Phi) is 4.95. The minimum absolute atomic E-state index is 0.444. The van der Waals surface area contributed by atoms with Crippen molar-refractivity contribution in [2.45, 2.75) is 24.4 Å². The fourth-order valence-corrected chi connectivity index (χ4v) is 3.61. The van der Waals surface area contributed by atoms with Crippen LogP contribution in [0, 0.1) is 0 Å². The standard InChI is InChI=1S/C17H16ClN7OS/c1-3-25-15(13-8-24(2)10-19-13)21-22-17(25)27-9-14-20-16(26-23-14)11-5-4-6-12(18)7-11/h4-8,10H,3,9H2,1-2H3. The van der Waals surface area contributed by atoms with Crippen LogP contribution >= 0.6 is 23.4 Å². The second kappa shape index (κ2) is 7.53. The molecule has 4 rings (SSSR count). The highest BCUT2D eigenvalue weighted by Gasteiger charge is 2.16. The van der Waals surface area contributed by atoms with E-state index in [4.69, 9.17) is 16.1 Å². The van der Waals surface area contributed by atoms with Gasteiger partial charge in [-0.05, 0) is 25.1 Å². The number of rotatable bonds is 6. The summed E-state index contributed by atoms with van der Waals surface area (Å²) in [6.45, 7) is 2.78. The summed E-state index contributed by atoms with van der Waals surface area (Å²) in [4.78, 5) is 8.78. The summed E-state index contributed by atoms with van der Waals surface area (Å²) < 4.78 is 9.24. The third-order valence-electron chi connectivity index (χ3n) is 3.84. The zero-order valence-electron chi connectivity index (χ0n) is 14.7. The first-order valence-corrected chi connectivity index (χ1v) is 9.63. The highest BCUT2D eigenvalue weighted by Crippen LogP contribution is 2.26. The van der Waals surface area contributed by atoms with Gasteiger partial charge in [-0.3, -0.25) is 0 Å². The molecule has 0 atom stereocenters. The maximum absolute atomic E-state index is 6.01. The summed E-state index contributed by atoms with van der Waals surface area (Å²) in [5.41, 5.74) is 1.59. The quantitative estimate of drug-likeness (QED) is 0.455. The number of imidazole rings is 1. The van der Waals surface area contributed by atoms with Gasteiger partial charge < -0.3 is 13.7 Å². The van der Waals surface area contributed by atoms with E-state index >= 15 is 0 Å². The normalized spacial score (nSPS) is 11.2. The molecule has 0 spiro atoms. The average molecular weight is 402 g/mol. The third kappa shape index (κ3) is 3.74. The van der Waals surface area contributed by atoms with Crippen LogP contribution in [-0.2, 0) is 19.3 Å². The Hall–Kier alpha value is -2.65. The van der Waals surface area contributed by atoms with Gasteiger partial charge in [-0.15, -0.1) is 10.2 Å². The second-order valence-electron chi connectivity index (χ2n) is 5.79. The summed E-state index contributed by atoms with van der Waals surface area (Å²) >= 11 is 7.51. The molecule has 3 heterocycles. The molecule has 0 aliphatic carbocycles. The molecule has 0 saturated carbocycles. The van der Waals surface area contributed by atoms with Crippen LogP contribution in [0.3, 0.4) is 0 Å². The number of thioether (sulfide) groups is 1. The summed E-state index contributed by atoms with van der Waals surface area (Å²) in [5.74, 6) is 2.29. The van der Waals surface area contributed by atoms with Crippen LogP contribution < -0.4 is 0 Å². The molecular weight excluding hydrogens is 386 g/mol. The average Bonchev–Trinajstić information content (AvgIpc) is 3.38. The van der Waals surface area contributed by atoms with Crippen LogP contribution in [0.5, 0.6) is 0 Å². The van der Waals surface area contributed by atoms with Crippen LogP contribution in [0.4, 0.5) is 0 Å². The molecule has 8 nitrogen and oxygen atoms in total. The fraction of sp³-hybridized carbons (Fsp3) is 0.235. The van der Waals surface area contributed by atoms with E-state index in [1.54, 1.807) is 18.5 Å². The van der Waals surface area contributed by atoms with Gasteiger partial charge >= 0.3 is 0 Å². The zero-order valence-corrected chi connectivity index (χ0v) is 16.3. The van der Waals surface area contributed by atoms with E-state index in [1.807, 2.05) is 41.4 Å². The molecule has 0 amide bonds. The Balaban J connectivity index is 1.50. The predicted molar refractivity (Wildman–Crippen MR) is 102 cm³/mol. The van der Waals surface area contributed by atoms with Crippen molar-refractivity contribution < 1.29 is 4.52 Å².